The first kappa shape index (κ1) is 14.9. The Kier molecular flexibility index (Phi) is 5.65. The largest absolute Gasteiger partial charge is 0.493 e. The molecule has 0 aliphatic heterocycles. The molecule has 0 aliphatic carbocycles. The number of hydrogen-bond acceptors (Lipinski definition) is 2. The minimum atomic E-state index is 0.516. The van der Waals surface area contributed by atoms with E-state index in [-0.39, 0.29) is 0 Å². The molecule has 21 heavy (non-hydrogen) atoms. The van der Waals surface area contributed by atoms with Crippen LogP contribution in [-0.2, 0) is 22.7 Å². The second-order valence-electron chi connectivity index (χ2n) is 4.77. The Labute approximate surface area is 126 Å². The van der Waals surface area contributed by atoms with E-state index in [1.807, 2.05) is 73.7 Å². The molecule has 0 aliphatic rings. The van der Waals surface area contributed by atoms with Gasteiger partial charge in [-0.15, -0.1) is 0 Å². The number of ether oxygens (including phenoxy) is 2. The van der Waals surface area contributed by atoms with Crippen molar-refractivity contribution in [1.29, 1.82) is 0 Å². The Hall–Kier alpha value is -2.48. The summed E-state index contributed by atoms with van der Waals surface area (Å²) in [6.07, 6.45) is 1.81. The van der Waals surface area contributed by atoms with Crippen LogP contribution >= 0.6 is 0 Å². The Balaban J connectivity index is 1.77. The van der Waals surface area contributed by atoms with Gasteiger partial charge in [-0.2, -0.15) is 0 Å². The van der Waals surface area contributed by atoms with Gasteiger partial charge in [-0.3, -0.25) is 0 Å². The summed E-state index contributed by atoms with van der Waals surface area (Å²) in [5, 5.41) is 0. The number of benzene rings is 2. The van der Waals surface area contributed by atoms with E-state index < -0.39 is 0 Å². The third kappa shape index (κ3) is 5.57. The van der Waals surface area contributed by atoms with Crippen LogP contribution in [0.4, 0.5) is 0 Å². The fourth-order valence-corrected chi connectivity index (χ4v) is 1.83. The van der Waals surface area contributed by atoms with E-state index in [1.54, 1.807) is 0 Å². The van der Waals surface area contributed by atoms with Crippen molar-refractivity contribution in [3.8, 4) is 0 Å². The third-order valence-corrected chi connectivity index (χ3v) is 2.94. The zero-order chi connectivity index (χ0) is 14.9. The van der Waals surface area contributed by atoms with E-state index in [0.29, 0.717) is 19.0 Å². The molecule has 2 rings (SSSR count). The molecule has 0 amide bonds. The molecular formula is C19H20O2. The van der Waals surface area contributed by atoms with Crippen LogP contribution in [0, 0.1) is 0 Å². The molecule has 2 aromatic carbocycles. The van der Waals surface area contributed by atoms with Gasteiger partial charge >= 0.3 is 0 Å². The Morgan fingerprint density at radius 1 is 0.857 bits per heavy atom. The van der Waals surface area contributed by atoms with Crippen LogP contribution < -0.4 is 0 Å². The zero-order valence-corrected chi connectivity index (χ0v) is 12.3. The summed E-state index contributed by atoms with van der Waals surface area (Å²) in [6.45, 7) is 6.86. The fraction of sp³-hybridized carbons (Fsp3) is 0.158. The first-order valence-corrected chi connectivity index (χ1v) is 6.94. The molecule has 0 bridgehead atoms. The third-order valence-electron chi connectivity index (χ3n) is 2.94. The summed E-state index contributed by atoms with van der Waals surface area (Å²) in [7, 11) is 0. The smallest absolute Gasteiger partial charge is 0.115 e. The van der Waals surface area contributed by atoms with E-state index in [0.717, 1.165) is 16.9 Å². The van der Waals surface area contributed by atoms with Gasteiger partial charge in [-0.05, 0) is 18.1 Å². The van der Waals surface area contributed by atoms with Crippen molar-refractivity contribution in [2.75, 3.05) is 0 Å². The van der Waals surface area contributed by atoms with Crippen LogP contribution in [0.25, 0.3) is 0 Å². The quantitative estimate of drug-likeness (QED) is 0.534. The molecule has 2 nitrogen and oxygen atoms in total. The van der Waals surface area contributed by atoms with Gasteiger partial charge in [0.05, 0.1) is 5.76 Å². The van der Waals surface area contributed by atoms with Gasteiger partial charge in [0.25, 0.3) is 0 Å². The number of hydrogen-bond donors (Lipinski definition) is 0. The standard InChI is InChI=1S/C19H20O2/c1-16(20-14-18-9-5-3-6-10-18)13-17(2)21-15-19-11-7-4-8-12-19/h3-13H,1,14-15H2,2H3/b17-13+. The van der Waals surface area contributed by atoms with Gasteiger partial charge in [0, 0.05) is 6.08 Å². The summed E-state index contributed by atoms with van der Waals surface area (Å²) in [4.78, 5) is 0. The van der Waals surface area contributed by atoms with Gasteiger partial charge in [-0.25, -0.2) is 0 Å². The minimum Gasteiger partial charge on any atom is -0.493 e. The maximum absolute atomic E-state index is 5.67. The van der Waals surface area contributed by atoms with Crippen molar-refractivity contribution < 1.29 is 9.47 Å². The Morgan fingerprint density at radius 2 is 1.33 bits per heavy atom. The summed E-state index contributed by atoms with van der Waals surface area (Å²) < 4.78 is 11.3. The van der Waals surface area contributed by atoms with E-state index in [1.165, 1.54) is 0 Å². The molecule has 0 fully saturated rings. The first-order valence-electron chi connectivity index (χ1n) is 6.94. The minimum absolute atomic E-state index is 0.516. The predicted octanol–water partition coefficient (Wildman–Crippen LogP) is 4.84. The summed E-state index contributed by atoms with van der Waals surface area (Å²) in [5.74, 6) is 1.39. The molecule has 0 N–H and O–H groups in total. The topological polar surface area (TPSA) is 18.5 Å². The molecule has 108 valence electrons. The Morgan fingerprint density at radius 3 is 1.86 bits per heavy atom. The average molecular weight is 280 g/mol. The highest BCUT2D eigenvalue weighted by Gasteiger charge is 1.97. The molecule has 2 heteroatoms. The van der Waals surface area contributed by atoms with Gasteiger partial charge < -0.3 is 9.47 Å². The van der Waals surface area contributed by atoms with Crippen LogP contribution in [0.15, 0.2) is 84.8 Å². The van der Waals surface area contributed by atoms with Crippen LogP contribution in [0.1, 0.15) is 18.1 Å². The number of rotatable bonds is 7. The van der Waals surface area contributed by atoms with E-state index in [2.05, 4.69) is 6.58 Å². The lowest BCUT2D eigenvalue weighted by atomic mass is 10.2. The van der Waals surface area contributed by atoms with Crippen molar-refractivity contribution in [2.45, 2.75) is 20.1 Å². The SMILES string of the molecule is C=C(/C=C(\C)OCc1ccccc1)OCc1ccccc1. The molecule has 0 aromatic heterocycles. The molecule has 0 unspecified atom stereocenters. The highest BCUT2D eigenvalue weighted by molar-refractivity contribution is 5.17. The lowest BCUT2D eigenvalue weighted by Crippen LogP contribution is -1.94. The molecule has 2 aromatic rings. The van der Waals surface area contributed by atoms with Crippen molar-refractivity contribution in [3.63, 3.8) is 0 Å². The zero-order valence-electron chi connectivity index (χ0n) is 12.3. The second kappa shape index (κ2) is 7.95. The molecule has 0 atom stereocenters. The lowest BCUT2D eigenvalue weighted by Gasteiger charge is -2.09. The highest BCUT2D eigenvalue weighted by atomic mass is 16.5. The molecule has 0 saturated carbocycles. The van der Waals surface area contributed by atoms with Gasteiger partial charge in [0.1, 0.15) is 19.0 Å². The van der Waals surface area contributed by atoms with E-state index in [4.69, 9.17) is 9.47 Å². The predicted molar refractivity (Wildman–Crippen MR) is 85.4 cm³/mol. The lowest BCUT2D eigenvalue weighted by molar-refractivity contribution is 0.187. The monoisotopic (exact) mass is 280 g/mol. The normalized spacial score (nSPS) is 11.0. The van der Waals surface area contributed by atoms with E-state index in [9.17, 15) is 0 Å². The van der Waals surface area contributed by atoms with Crippen molar-refractivity contribution in [2.24, 2.45) is 0 Å². The maximum Gasteiger partial charge on any atom is 0.115 e. The summed E-state index contributed by atoms with van der Waals surface area (Å²) >= 11 is 0. The van der Waals surface area contributed by atoms with Crippen LogP contribution in [-0.4, -0.2) is 0 Å². The number of allylic oxidation sites excluding steroid dienone is 2. The van der Waals surface area contributed by atoms with Gasteiger partial charge in [-0.1, -0.05) is 67.2 Å². The first-order chi connectivity index (χ1) is 10.2. The summed E-state index contributed by atoms with van der Waals surface area (Å²) in [6, 6.07) is 20.1. The van der Waals surface area contributed by atoms with Crippen LogP contribution in [0.3, 0.4) is 0 Å². The van der Waals surface area contributed by atoms with Crippen molar-refractivity contribution in [3.05, 3.63) is 96.0 Å². The molecule has 0 heterocycles. The molecule has 0 spiro atoms. The highest BCUT2D eigenvalue weighted by Crippen LogP contribution is 2.10. The molecular weight excluding hydrogens is 260 g/mol. The van der Waals surface area contributed by atoms with Gasteiger partial charge in [0.2, 0.25) is 0 Å². The molecule has 0 radical (unpaired) electrons. The fourth-order valence-electron chi connectivity index (χ4n) is 1.83. The van der Waals surface area contributed by atoms with Gasteiger partial charge in [0.15, 0.2) is 0 Å². The van der Waals surface area contributed by atoms with E-state index >= 15 is 0 Å². The van der Waals surface area contributed by atoms with Crippen LogP contribution in [0.2, 0.25) is 0 Å². The van der Waals surface area contributed by atoms with Crippen LogP contribution in [0.5, 0.6) is 0 Å². The summed E-state index contributed by atoms with van der Waals surface area (Å²) in [5.41, 5.74) is 2.26. The average Bonchev–Trinajstić information content (AvgIpc) is 2.53. The Bertz CT molecular complexity index is 585. The maximum atomic E-state index is 5.67. The second-order valence-corrected chi connectivity index (χ2v) is 4.77. The van der Waals surface area contributed by atoms with Crippen molar-refractivity contribution in [1.82, 2.24) is 0 Å². The molecule has 0 saturated heterocycles. The van der Waals surface area contributed by atoms with Crippen molar-refractivity contribution >= 4 is 0 Å².